The van der Waals surface area contributed by atoms with Gasteiger partial charge in [-0.15, -0.1) is 0 Å². The largest absolute Gasteiger partial charge is 0.341 e. The molecule has 30 heavy (non-hydrogen) atoms. The van der Waals surface area contributed by atoms with Crippen LogP contribution in [0.4, 0.5) is 0 Å². The summed E-state index contributed by atoms with van der Waals surface area (Å²) < 4.78 is 2.03. The molecule has 1 fully saturated rings. The number of nitrogens with zero attached hydrogens (tertiary/aromatic N) is 3. The smallest absolute Gasteiger partial charge is 0.242 e. The fourth-order valence-corrected chi connectivity index (χ4v) is 4.51. The number of Topliss-reactive ketones (excluding diaryl/α,β-unsaturated/α-hetero) is 1. The van der Waals surface area contributed by atoms with Crippen molar-refractivity contribution in [2.75, 3.05) is 13.1 Å². The Bertz CT molecular complexity index is 1090. The van der Waals surface area contributed by atoms with Crippen molar-refractivity contribution in [3.05, 3.63) is 65.0 Å². The Kier molecular flexibility index (Phi) is 5.71. The van der Waals surface area contributed by atoms with Crippen molar-refractivity contribution in [2.24, 2.45) is 5.92 Å². The van der Waals surface area contributed by atoms with E-state index < -0.39 is 0 Å². The normalized spacial score (nSPS) is 15.0. The van der Waals surface area contributed by atoms with E-state index in [9.17, 15) is 9.59 Å². The number of piperidine rings is 1. The summed E-state index contributed by atoms with van der Waals surface area (Å²) in [6.45, 7) is 7.67. The van der Waals surface area contributed by atoms with Crippen molar-refractivity contribution < 1.29 is 9.59 Å². The van der Waals surface area contributed by atoms with Gasteiger partial charge in [0.2, 0.25) is 5.91 Å². The Hall–Kier alpha value is -2.95. The number of carbonyl (C=O) groups excluding carboxylic acids is 2. The number of likely N-dealkylation sites (tertiary alicyclic amines) is 1. The van der Waals surface area contributed by atoms with E-state index in [2.05, 4.69) is 18.0 Å². The first-order valence-electron chi connectivity index (χ1n) is 10.8. The highest BCUT2D eigenvalue weighted by Crippen LogP contribution is 2.25. The van der Waals surface area contributed by atoms with E-state index in [0.717, 1.165) is 47.2 Å². The first-order chi connectivity index (χ1) is 14.5. The predicted octanol–water partition coefficient (Wildman–Crippen LogP) is 4.34. The molecule has 1 saturated heterocycles. The van der Waals surface area contributed by atoms with Crippen molar-refractivity contribution in [1.82, 2.24) is 14.5 Å². The second kappa shape index (κ2) is 8.42. The number of hydrogen-bond acceptors (Lipinski definition) is 3. The molecule has 1 aromatic heterocycles. The van der Waals surface area contributed by atoms with Gasteiger partial charge in [-0.3, -0.25) is 9.59 Å². The first kappa shape index (κ1) is 20.3. The first-order valence-corrected chi connectivity index (χ1v) is 10.8. The molecule has 1 amide bonds. The van der Waals surface area contributed by atoms with E-state index in [0.29, 0.717) is 19.6 Å². The average Bonchev–Trinajstić information content (AvgIpc) is 3.11. The van der Waals surface area contributed by atoms with Crippen LogP contribution < -0.4 is 0 Å². The molecule has 0 unspecified atom stereocenters. The summed E-state index contributed by atoms with van der Waals surface area (Å²) in [7, 11) is 0. The van der Waals surface area contributed by atoms with Gasteiger partial charge in [-0.05, 0) is 44.4 Å². The molecular formula is C25H29N3O2. The highest BCUT2D eigenvalue weighted by atomic mass is 16.2. The maximum absolute atomic E-state index is 13.0. The Morgan fingerprint density at radius 3 is 2.50 bits per heavy atom. The molecule has 0 N–H and O–H groups in total. The van der Waals surface area contributed by atoms with Crippen LogP contribution in [0.2, 0.25) is 0 Å². The minimum absolute atomic E-state index is 0.00395. The third-order valence-electron chi connectivity index (χ3n) is 6.21. The molecule has 1 aliphatic rings. The fourth-order valence-electron chi connectivity index (χ4n) is 4.51. The topological polar surface area (TPSA) is 55.2 Å². The van der Waals surface area contributed by atoms with Crippen molar-refractivity contribution in [1.29, 1.82) is 0 Å². The van der Waals surface area contributed by atoms with Gasteiger partial charge >= 0.3 is 0 Å². The molecule has 5 nitrogen and oxygen atoms in total. The van der Waals surface area contributed by atoms with Crippen molar-refractivity contribution in [3.63, 3.8) is 0 Å². The summed E-state index contributed by atoms with van der Waals surface area (Å²) in [4.78, 5) is 32.5. The number of para-hydroxylation sites is 2. The molecule has 0 aliphatic carbocycles. The summed E-state index contributed by atoms with van der Waals surface area (Å²) in [5.41, 5.74) is 4.96. The van der Waals surface area contributed by atoms with E-state index in [1.165, 1.54) is 5.56 Å². The van der Waals surface area contributed by atoms with Crippen LogP contribution in [0, 0.1) is 19.8 Å². The lowest BCUT2D eigenvalue weighted by Crippen LogP contribution is -2.42. The number of benzene rings is 2. The zero-order valence-corrected chi connectivity index (χ0v) is 18.0. The average molecular weight is 404 g/mol. The van der Waals surface area contributed by atoms with Crippen LogP contribution in [0.25, 0.3) is 11.0 Å². The highest BCUT2D eigenvalue weighted by Gasteiger charge is 2.29. The van der Waals surface area contributed by atoms with Crippen LogP contribution >= 0.6 is 0 Å². The van der Waals surface area contributed by atoms with Gasteiger partial charge in [-0.2, -0.15) is 0 Å². The molecule has 156 valence electrons. The number of carbonyl (C=O) groups is 2. The zero-order valence-electron chi connectivity index (χ0n) is 18.0. The lowest BCUT2D eigenvalue weighted by molar-refractivity contribution is -0.133. The van der Waals surface area contributed by atoms with E-state index in [1.54, 1.807) is 0 Å². The number of ketones is 1. The standard InChI is InChI=1S/C25H29N3O2/c1-4-23-26-21-7-5-6-8-22(21)28(23)16-24(29)27-13-11-19(12-14-27)25(30)20-10-9-17(2)15-18(20)3/h5-10,15,19H,4,11-14,16H2,1-3H3. The molecule has 5 heteroatoms. The van der Waals surface area contributed by atoms with Gasteiger partial charge < -0.3 is 9.47 Å². The molecule has 0 spiro atoms. The molecule has 3 aromatic rings. The van der Waals surface area contributed by atoms with Crippen molar-refractivity contribution in [3.8, 4) is 0 Å². The number of aromatic nitrogens is 2. The third-order valence-corrected chi connectivity index (χ3v) is 6.21. The SMILES string of the molecule is CCc1nc2ccccc2n1CC(=O)N1CCC(C(=O)c2ccc(C)cc2C)CC1. The van der Waals surface area contributed by atoms with E-state index in [4.69, 9.17) is 0 Å². The van der Waals surface area contributed by atoms with Gasteiger partial charge in [0.1, 0.15) is 12.4 Å². The summed E-state index contributed by atoms with van der Waals surface area (Å²) in [5, 5.41) is 0. The molecule has 0 bridgehead atoms. The number of rotatable bonds is 5. The Morgan fingerprint density at radius 1 is 1.07 bits per heavy atom. The highest BCUT2D eigenvalue weighted by molar-refractivity contribution is 5.99. The lowest BCUT2D eigenvalue weighted by atomic mass is 9.87. The summed E-state index contributed by atoms with van der Waals surface area (Å²) >= 11 is 0. The molecule has 2 aromatic carbocycles. The predicted molar refractivity (Wildman–Crippen MR) is 119 cm³/mol. The number of imidazole rings is 1. The van der Waals surface area contributed by atoms with Gasteiger partial charge in [0, 0.05) is 31.0 Å². The molecule has 2 heterocycles. The molecule has 4 rings (SSSR count). The van der Waals surface area contributed by atoms with E-state index in [-0.39, 0.29) is 17.6 Å². The monoisotopic (exact) mass is 403 g/mol. The van der Waals surface area contributed by atoms with Crippen molar-refractivity contribution in [2.45, 2.75) is 46.6 Å². The number of fused-ring (bicyclic) bond motifs is 1. The van der Waals surface area contributed by atoms with Crippen LogP contribution in [-0.4, -0.2) is 39.2 Å². The van der Waals surface area contributed by atoms with Crippen LogP contribution in [0.1, 0.15) is 47.1 Å². The second-order valence-electron chi connectivity index (χ2n) is 8.29. The Balaban J connectivity index is 1.42. The molecule has 0 radical (unpaired) electrons. The van der Waals surface area contributed by atoms with Crippen LogP contribution in [0.5, 0.6) is 0 Å². The van der Waals surface area contributed by atoms with Gasteiger partial charge in [0.05, 0.1) is 11.0 Å². The minimum Gasteiger partial charge on any atom is -0.341 e. The second-order valence-corrected chi connectivity index (χ2v) is 8.29. The van der Waals surface area contributed by atoms with Crippen LogP contribution in [0.15, 0.2) is 42.5 Å². The van der Waals surface area contributed by atoms with Gasteiger partial charge in [-0.25, -0.2) is 4.98 Å². The lowest BCUT2D eigenvalue weighted by Gasteiger charge is -2.32. The van der Waals surface area contributed by atoms with Crippen LogP contribution in [-0.2, 0) is 17.8 Å². The molecule has 0 atom stereocenters. The van der Waals surface area contributed by atoms with E-state index >= 15 is 0 Å². The van der Waals surface area contributed by atoms with Gasteiger partial charge in [0.15, 0.2) is 5.78 Å². The maximum atomic E-state index is 13.0. The quantitative estimate of drug-likeness (QED) is 0.596. The Labute approximate surface area is 177 Å². The van der Waals surface area contributed by atoms with Gasteiger partial charge in [0.25, 0.3) is 0 Å². The zero-order chi connectivity index (χ0) is 21.3. The maximum Gasteiger partial charge on any atom is 0.242 e. The van der Waals surface area contributed by atoms with E-state index in [1.807, 2.05) is 59.7 Å². The molecular weight excluding hydrogens is 374 g/mol. The fraction of sp³-hybridized carbons (Fsp3) is 0.400. The number of amides is 1. The number of hydrogen-bond donors (Lipinski definition) is 0. The summed E-state index contributed by atoms with van der Waals surface area (Å²) in [6, 6.07) is 14.0. The summed E-state index contributed by atoms with van der Waals surface area (Å²) in [5.74, 6) is 1.25. The molecule has 0 saturated carbocycles. The third kappa shape index (κ3) is 3.89. The Morgan fingerprint density at radius 2 is 1.80 bits per heavy atom. The van der Waals surface area contributed by atoms with Gasteiger partial charge in [-0.1, -0.05) is 42.8 Å². The number of aryl methyl sites for hydroxylation is 3. The summed E-state index contributed by atoms with van der Waals surface area (Å²) in [6.07, 6.45) is 2.24. The van der Waals surface area contributed by atoms with Crippen LogP contribution in [0.3, 0.4) is 0 Å². The molecule has 1 aliphatic heterocycles. The minimum atomic E-state index is -0.00395. The van der Waals surface area contributed by atoms with Crippen molar-refractivity contribution >= 4 is 22.7 Å².